The highest BCUT2D eigenvalue weighted by Crippen LogP contribution is 2.39. The van der Waals surface area contributed by atoms with Gasteiger partial charge in [-0.15, -0.1) is 11.3 Å². The number of nitrogens with two attached hydrogens (primary N) is 1. The number of nitrogen functional groups attached to an aromatic ring is 1. The maximum absolute atomic E-state index is 12.3. The largest absolute Gasteiger partial charge is 0.397 e. The van der Waals surface area contributed by atoms with E-state index in [-0.39, 0.29) is 12.4 Å². The Balaban J connectivity index is 0.000000396. The van der Waals surface area contributed by atoms with Crippen LogP contribution in [-0.4, -0.2) is 27.8 Å². The second-order valence-electron chi connectivity index (χ2n) is 13.0. The average molecular weight is 674 g/mol. The number of benzene rings is 2. The number of ketones is 1. The van der Waals surface area contributed by atoms with Crippen molar-refractivity contribution in [3.05, 3.63) is 68.6 Å². The molecule has 3 aromatic rings. The summed E-state index contributed by atoms with van der Waals surface area (Å²) in [4.78, 5) is 16.8. The van der Waals surface area contributed by atoms with Crippen molar-refractivity contribution in [3.63, 3.8) is 0 Å². The summed E-state index contributed by atoms with van der Waals surface area (Å²) in [6, 6.07) is 9.15. The zero-order valence-corrected chi connectivity index (χ0v) is 31.3. The lowest BCUT2D eigenvalue weighted by molar-refractivity contribution is 0.102. The van der Waals surface area contributed by atoms with Gasteiger partial charge in [0.2, 0.25) is 0 Å². The van der Waals surface area contributed by atoms with Crippen LogP contribution in [0.25, 0.3) is 11.3 Å². The van der Waals surface area contributed by atoms with E-state index in [1.165, 1.54) is 50.3 Å². The van der Waals surface area contributed by atoms with Gasteiger partial charge in [0.1, 0.15) is 0 Å². The smallest absolute Gasteiger partial charge is 0.180 e. The van der Waals surface area contributed by atoms with E-state index in [4.69, 9.17) is 10.8 Å². The van der Waals surface area contributed by atoms with Crippen molar-refractivity contribution in [2.75, 3.05) is 17.7 Å². The maximum atomic E-state index is 12.3. The Kier molecular flexibility index (Phi) is 16.4. The molecule has 240 valence electrons. The van der Waals surface area contributed by atoms with Crippen LogP contribution in [0.3, 0.4) is 0 Å². The summed E-state index contributed by atoms with van der Waals surface area (Å²) in [5, 5.41) is 10.7. The van der Waals surface area contributed by atoms with Crippen molar-refractivity contribution in [3.8, 4) is 11.3 Å². The number of carbonyl (C=O) groups excluding carboxylic acids is 1. The van der Waals surface area contributed by atoms with Crippen LogP contribution in [0.5, 0.6) is 0 Å². The fourth-order valence-corrected chi connectivity index (χ4v) is 5.83. The molecule has 0 spiro atoms. The molecule has 3 N–H and O–H groups in total. The van der Waals surface area contributed by atoms with E-state index in [0.29, 0.717) is 46.0 Å². The number of alkyl halides is 1. The number of thiazole rings is 1. The van der Waals surface area contributed by atoms with Crippen LogP contribution in [0, 0.1) is 0 Å². The molecule has 1 aromatic heterocycles. The number of aliphatic hydroxyl groups is 1. The van der Waals surface area contributed by atoms with Gasteiger partial charge >= 0.3 is 0 Å². The molecule has 6 heteroatoms. The molecule has 0 amide bonds. The molecule has 1 heterocycles. The lowest BCUT2D eigenvalue weighted by Crippen LogP contribution is -2.13. The standard InChI is InChI=1S/C18H26N2S.C17H25BrO.C2H6O/c1-10(2)13-7-14(11(3)4)17(15(8-13)12(5)6)16-9-21-18(19)20-16;1-10(2)13-7-14(11(3)4)17(16(19)9-18)15(8-13)12(5)6;1-2-3/h7-12H,1-6H3,(H2,19,20);7-8,10-12H,9H2,1-6H3;3H,2H2,1H3. The number of anilines is 1. The first-order valence-electron chi connectivity index (χ1n) is 15.8. The van der Waals surface area contributed by atoms with Gasteiger partial charge in [-0.1, -0.05) is 123 Å². The van der Waals surface area contributed by atoms with Crippen LogP contribution in [-0.2, 0) is 0 Å². The number of nitrogens with zero attached hydrogens (tertiary/aromatic N) is 1. The molecule has 0 aliphatic rings. The number of hydrogen-bond acceptors (Lipinski definition) is 5. The molecule has 0 atom stereocenters. The predicted octanol–water partition coefficient (Wildman–Crippen LogP) is 11.4. The summed E-state index contributed by atoms with van der Waals surface area (Å²) in [5.41, 5.74) is 17.0. The minimum Gasteiger partial charge on any atom is -0.397 e. The summed E-state index contributed by atoms with van der Waals surface area (Å²) in [7, 11) is 0. The van der Waals surface area contributed by atoms with E-state index in [2.05, 4.69) is 134 Å². The summed E-state index contributed by atoms with van der Waals surface area (Å²) in [6.45, 7) is 28.5. The van der Waals surface area contributed by atoms with Gasteiger partial charge in [-0.3, -0.25) is 4.79 Å². The zero-order valence-electron chi connectivity index (χ0n) is 28.9. The predicted molar refractivity (Wildman–Crippen MR) is 194 cm³/mol. The average Bonchev–Trinajstić information content (AvgIpc) is 3.37. The summed E-state index contributed by atoms with van der Waals surface area (Å²) < 4.78 is 0. The van der Waals surface area contributed by atoms with Gasteiger partial charge in [0.15, 0.2) is 10.9 Å². The third-order valence-electron chi connectivity index (χ3n) is 7.44. The van der Waals surface area contributed by atoms with Gasteiger partial charge in [0, 0.05) is 23.1 Å². The van der Waals surface area contributed by atoms with E-state index in [1.54, 1.807) is 6.92 Å². The van der Waals surface area contributed by atoms with Gasteiger partial charge in [-0.05, 0) is 75.8 Å². The summed E-state index contributed by atoms with van der Waals surface area (Å²) in [5.74, 6) is 2.90. The monoisotopic (exact) mass is 672 g/mol. The molecule has 0 radical (unpaired) electrons. The first-order valence-corrected chi connectivity index (χ1v) is 17.8. The van der Waals surface area contributed by atoms with Gasteiger partial charge in [0.05, 0.1) is 11.0 Å². The van der Waals surface area contributed by atoms with Crippen molar-refractivity contribution < 1.29 is 9.90 Å². The van der Waals surface area contributed by atoms with Gasteiger partial charge in [-0.25, -0.2) is 4.98 Å². The molecular weight excluding hydrogens is 616 g/mol. The third-order valence-corrected chi connectivity index (χ3v) is 8.63. The quantitative estimate of drug-likeness (QED) is 0.175. The number of rotatable bonds is 9. The highest BCUT2D eigenvalue weighted by Gasteiger charge is 2.22. The molecule has 0 aliphatic heterocycles. The molecule has 0 fully saturated rings. The number of Topliss-reactive ketones (excluding diaryl/α,β-unsaturated/α-hetero) is 1. The van der Waals surface area contributed by atoms with Crippen molar-refractivity contribution >= 4 is 38.2 Å². The van der Waals surface area contributed by atoms with Crippen molar-refractivity contribution in [1.29, 1.82) is 0 Å². The van der Waals surface area contributed by atoms with E-state index < -0.39 is 0 Å². The number of aliphatic hydroxyl groups excluding tert-OH is 1. The molecule has 0 saturated heterocycles. The van der Waals surface area contributed by atoms with E-state index in [1.807, 2.05) is 0 Å². The van der Waals surface area contributed by atoms with Crippen LogP contribution >= 0.6 is 27.3 Å². The first-order chi connectivity index (χ1) is 20.0. The number of aromatic nitrogens is 1. The second-order valence-corrected chi connectivity index (χ2v) is 14.5. The number of carbonyl (C=O) groups is 1. The van der Waals surface area contributed by atoms with E-state index in [9.17, 15) is 4.79 Å². The van der Waals surface area contributed by atoms with Crippen LogP contribution in [0.1, 0.15) is 169 Å². The highest BCUT2D eigenvalue weighted by molar-refractivity contribution is 9.09. The Hall–Kier alpha value is -2.02. The first kappa shape index (κ1) is 39.0. The molecule has 2 aromatic carbocycles. The lowest BCUT2D eigenvalue weighted by atomic mass is 9.83. The molecule has 43 heavy (non-hydrogen) atoms. The Morgan fingerprint density at radius 3 is 1.35 bits per heavy atom. The Morgan fingerprint density at radius 1 is 0.744 bits per heavy atom. The topological polar surface area (TPSA) is 76.2 Å². The molecular formula is C37H57BrN2O2S. The minimum absolute atomic E-state index is 0.197. The van der Waals surface area contributed by atoms with Crippen LogP contribution in [0.4, 0.5) is 5.13 Å². The third kappa shape index (κ3) is 10.8. The molecule has 0 saturated carbocycles. The Morgan fingerprint density at radius 2 is 1.09 bits per heavy atom. The molecule has 0 aliphatic carbocycles. The Labute approximate surface area is 275 Å². The summed E-state index contributed by atoms with van der Waals surface area (Å²) >= 11 is 4.83. The molecule has 0 bridgehead atoms. The van der Waals surface area contributed by atoms with Gasteiger partial charge < -0.3 is 10.8 Å². The van der Waals surface area contributed by atoms with Crippen LogP contribution in [0.15, 0.2) is 29.6 Å². The zero-order chi connectivity index (χ0) is 33.2. The maximum Gasteiger partial charge on any atom is 0.180 e. The Bertz CT molecular complexity index is 1250. The van der Waals surface area contributed by atoms with Crippen LogP contribution in [0.2, 0.25) is 0 Å². The van der Waals surface area contributed by atoms with Crippen molar-refractivity contribution in [2.24, 2.45) is 0 Å². The van der Waals surface area contributed by atoms with Crippen LogP contribution < -0.4 is 5.73 Å². The SMILES string of the molecule is CC(C)c1cc(C(C)C)c(-c2csc(N)n2)c(C(C)C)c1.CC(C)c1cc(C(C)C)c(C(=O)CBr)c(C(C)C)c1.CCO. The summed E-state index contributed by atoms with van der Waals surface area (Å²) in [6.07, 6.45) is 0. The van der Waals surface area contributed by atoms with Gasteiger partial charge in [0.25, 0.3) is 0 Å². The molecule has 0 unspecified atom stereocenters. The highest BCUT2D eigenvalue weighted by atomic mass is 79.9. The fourth-order valence-electron chi connectivity index (χ4n) is 5.00. The number of hydrogen-bond donors (Lipinski definition) is 2. The fraction of sp³-hybridized carbons (Fsp3) is 0.568. The lowest BCUT2D eigenvalue weighted by Gasteiger charge is -2.22. The normalized spacial score (nSPS) is 11.4. The van der Waals surface area contributed by atoms with Gasteiger partial charge in [-0.2, -0.15) is 0 Å². The van der Waals surface area contributed by atoms with E-state index in [0.717, 1.165) is 11.3 Å². The number of halogens is 1. The molecule has 4 nitrogen and oxygen atoms in total. The van der Waals surface area contributed by atoms with Crippen molar-refractivity contribution in [1.82, 2.24) is 4.98 Å². The minimum atomic E-state index is 0.197. The molecule has 3 rings (SSSR count). The van der Waals surface area contributed by atoms with Crippen molar-refractivity contribution in [2.45, 2.75) is 126 Å². The second kappa shape index (κ2) is 18.1. The van der Waals surface area contributed by atoms with E-state index >= 15 is 0 Å².